The van der Waals surface area contributed by atoms with Crippen molar-refractivity contribution in [3.05, 3.63) is 413 Å². The van der Waals surface area contributed by atoms with Crippen LogP contribution in [0.3, 0.4) is 0 Å². The first-order valence-electron chi connectivity index (χ1n) is 38.3. The van der Waals surface area contributed by atoms with Crippen LogP contribution in [0.1, 0.15) is 0 Å². The first-order chi connectivity index (χ1) is 56.5. The highest BCUT2D eigenvalue weighted by atomic mass is 16.6. The van der Waals surface area contributed by atoms with Gasteiger partial charge in [0.2, 0.25) is 0 Å². The van der Waals surface area contributed by atoms with Crippen molar-refractivity contribution in [1.29, 1.82) is 0 Å². The Balaban J connectivity index is 0.000000153. The summed E-state index contributed by atoms with van der Waals surface area (Å²) in [6.45, 7) is -0.139. The van der Waals surface area contributed by atoms with Gasteiger partial charge in [0.15, 0.2) is 0 Å². The second-order valence-corrected chi connectivity index (χ2v) is 28.0. The third-order valence-electron chi connectivity index (χ3n) is 21.2. The highest BCUT2D eigenvalue weighted by Gasteiger charge is 2.44. The molecule has 12 heteroatoms. The van der Waals surface area contributed by atoms with Gasteiger partial charge in [-0.2, -0.15) is 0 Å². The van der Waals surface area contributed by atoms with Gasteiger partial charge in [-0.3, -0.25) is 0 Å². The average molecular weight is 1470 g/mol. The highest BCUT2D eigenvalue weighted by Crippen LogP contribution is 2.49. The van der Waals surface area contributed by atoms with Crippen molar-refractivity contribution in [2.75, 3.05) is 33.8 Å². The number of nitrogens with zero attached hydrogens (tertiary/aromatic N) is 4. The molecule has 114 heavy (non-hydrogen) atoms. The summed E-state index contributed by atoms with van der Waals surface area (Å²) >= 11 is 0. The highest BCUT2D eigenvalue weighted by molar-refractivity contribution is 7.01. The summed E-state index contributed by atoms with van der Waals surface area (Å²) in [5.74, 6) is 5.70. The van der Waals surface area contributed by atoms with E-state index in [1.54, 1.807) is 14.2 Å². The van der Waals surface area contributed by atoms with Gasteiger partial charge in [0.25, 0.3) is 6.71 Å². The van der Waals surface area contributed by atoms with E-state index in [1.807, 2.05) is 60.7 Å². The van der Waals surface area contributed by atoms with Crippen LogP contribution in [0.2, 0.25) is 0 Å². The van der Waals surface area contributed by atoms with E-state index < -0.39 is 7.12 Å². The van der Waals surface area contributed by atoms with Gasteiger partial charge in [-0.05, 0) is 166 Å². The lowest BCUT2D eigenvalue weighted by molar-refractivity contribution is 0.289. The number of rotatable bonds is 19. The van der Waals surface area contributed by atoms with Crippen LogP contribution >= 0.6 is 0 Å². The quantitative estimate of drug-likeness (QED) is 0.0732. The molecular weight excluding hydrogens is 1400 g/mol. The van der Waals surface area contributed by atoms with Crippen LogP contribution in [-0.2, 0) is 9.31 Å². The third-order valence-corrected chi connectivity index (χ3v) is 21.2. The molecule has 0 atom stereocenters. The zero-order valence-electron chi connectivity index (χ0n) is 62.7. The van der Waals surface area contributed by atoms with E-state index in [0.29, 0.717) is 28.5 Å². The Morgan fingerprint density at radius 2 is 0.500 bits per heavy atom. The zero-order valence-corrected chi connectivity index (χ0v) is 62.7. The molecule has 0 radical (unpaired) electrons. The van der Waals surface area contributed by atoms with Gasteiger partial charge in [0.05, 0.1) is 28.2 Å². The lowest BCUT2D eigenvalue weighted by atomic mass is 9.33. The molecule has 0 N–H and O–H groups in total. The topological polar surface area (TPSA) is 68.3 Å². The lowest BCUT2D eigenvalue weighted by Crippen LogP contribution is -2.58. The van der Waals surface area contributed by atoms with E-state index in [4.69, 9.17) is 28.3 Å². The summed E-state index contributed by atoms with van der Waals surface area (Å²) in [6.07, 6.45) is 0. The summed E-state index contributed by atoms with van der Waals surface area (Å²) < 4.78 is 39.7. The molecule has 544 valence electrons. The number of hydrogen-bond acceptors (Lipinski definition) is 10. The van der Waals surface area contributed by atoms with Crippen LogP contribution in [-0.4, -0.2) is 28.1 Å². The van der Waals surface area contributed by atoms with Gasteiger partial charge < -0.3 is 47.9 Å². The summed E-state index contributed by atoms with van der Waals surface area (Å²) in [7, 11) is 2.44. The molecule has 0 spiro atoms. The first kappa shape index (κ1) is 69.9. The molecule has 18 aromatic carbocycles. The Morgan fingerprint density at radius 3 is 0.807 bits per heavy atom. The van der Waals surface area contributed by atoms with E-state index in [2.05, 4.69) is 371 Å². The predicted octanol–water partition coefficient (Wildman–Crippen LogP) is 25.2. The fraction of sp³-hybridized carbons (Fsp3) is 0.0196. The van der Waals surface area contributed by atoms with Crippen molar-refractivity contribution < 1.29 is 28.3 Å². The van der Waals surface area contributed by atoms with Gasteiger partial charge in [-0.1, -0.05) is 255 Å². The molecule has 0 saturated heterocycles. The second-order valence-electron chi connectivity index (χ2n) is 28.0. The monoisotopic (exact) mass is 1470 g/mol. The molecule has 0 fully saturated rings. The molecular formula is C102H74B2N4O6. The molecule has 2 heterocycles. The number of hydrogen-bond donors (Lipinski definition) is 0. The van der Waals surface area contributed by atoms with Crippen LogP contribution in [0.25, 0.3) is 43.1 Å². The Morgan fingerprint density at radius 1 is 0.237 bits per heavy atom. The van der Waals surface area contributed by atoms with Gasteiger partial charge in [-0.15, -0.1) is 0 Å². The van der Waals surface area contributed by atoms with Crippen molar-refractivity contribution in [2.24, 2.45) is 0 Å². The second kappa shape index (κ2) is 31.1. The predicted molar refractivity (Wildman–Crippen MR) is 472 cm³/mol. The number of fused-ring (bicyclic) bond motifs is 10. The van der Waals surface area contributed by atoms with Crippen molar-refractivity contribution >= 4 is 147 Å². The minimum absolute atomic E-state index is 0.139. The molecule has 2 aliphatic heterocycles. The Labute approximate surface area is 663 Å². The van der Waals surface area contributed by atoms with Gasteiger partial charge >= 0.3 is 7.12 Å². The minimum atomic E-state index is -0.795. The molecule has 0 saturated carbocycles. The number of ether oxygens (including phenoxy) is 4. The van der Waals surface area contributed by atoms with Crippen LogP contribution in [0.15, 0.2) is 413 Å². The smallest absolute Gasteiger partial charge is 0.458 e. The van der Waals surface area contributed by atoms with Crippen molar-refractivity contribution in [3.63, 3.8) is 0 Å². The molecule has 18 aromatic rings. The fourth-order valence-corrected chi connectivity index (χ4v) is 16.4. The van der Waals surface area contributed by atoms with E-state index in [9.17, 15) is 0 Å². The summed E-state index contributed by atoms with van der Waals surface area (Å²) in [6, 6.07) is 143. The largest absolute Gasteiger partial charge is 0.501 e. The SMILES string of the molecule is COB(OC)c1c(Oc2cc(N(c3ccccc3)c3ccccc3)c3ccccc3c2)cccc1Oc1cc(N(c2ccccc2)c2ccccc2)c2ccccc2c1.c1ccc(N(c2ccccc2)c2cc3c(c4ccccc24)B2c4c(cccc4Oc4cc(N(c5ccccc5)c5ccccc5)c5ccccc5c42)O3)cc1. The molecule has 0 aromatic heterocycles. The van der Waals surface area contributed by atoms with Gasteiger partial charge in [0.1, 0.15) is 46.0 Å². The zero-order chi connectivity index (χ0) is 76.3. The molecule has 0 amide bonds. The van der Waals surface area contributed by atoms with E-state index in [-0.39, 0.29) is 6.71 Å². The Kier molecular flexibility index (Phi) is 19.0. The van der Waals surface area contributed by atoms with Crippen LogP contribution in [0.5, 0.6) is 46.0 Å². The third kappa shape index (κ3) is 13.3. The maximum absolute atomic E-state index is 6.98. The minimum Gasteiger partial charge on any atom is -0.458 e. The van der Waals surface area contributed by atoms with Crippen LogP contribution < -0.4 is 60.4 Å². The maximum atomic E-state index is 6.98. The van der Waals surface area contributed by atoms with E-state index in [1.165, 1.54) is 0 Å². The Bertz CT molecular complexity index is 5960. The molecule has 0 unspecified atom stereocenters. The van der Waals surface area contributed by atoms with E-state index >= 15 is 0 Å². The lowest BCUT2D eigenvalue weighted by Gasteiger charge is -2.36. The van der Waals surface area contributed by atoms with Crippen molar-refractivity contribution in [2.45, 2.75) is 0 Å². The van der Waals surface area contributed by atoms with Gasteiger partial charge in [-0.25, -0.2) is 0 Å². The molecule has 0 bridgehead atoms. The summed E-state index contributed by atoms with van der Waals surface area (Å²) in [4.78, 5) is 9.18. The fourth-order valence-electron chi connectivity index (χ4n) is 16.4. The standard InChI is InChI=1S/C52H41BN2O4.C50H33BN2O2/c1-56-53(57-2)52-50(58-44-34-38-20-15-17-30-46(38)48(36-44)54(40-22-7-3-8-23-40)41-24-9-4-10-25-41)32-19-33-51(52)59-45-35-39-21-16-18-31-47(39)49(37-45)55(42-26-11-5-12-27-42)43-28-13-6-14-29-43;1-5-18-34(19-6-1)52(35-20-7-2-8-21-35)42-32-46-48(40-28-15-13-26-38(40)42)51-49-41-29-16-14-27-39(41)43(33-47(49)55-45-31-17-30-44(54-46)50(45)51)53(36-22-9-3-10-23-36)37-24-11-4-12-25-37/h3-37H,1-2H3;1-33H. The van der Waals surface area contributed by atoms with E-state index in [0.717, 1.165) is 151 Å². The Hall–Kier alpha value is -14.6. The van der Waals surface area contributed by atoms with Crippen molar-refractivity contribution in [3.8, 4) is 46.0 Å². The number of para-hydroxylation sites is 8. The van der Waals surface area contributed by atoms with Crippen molar-refractivity contribution in [1.82, 2.24) is 0 Å². The molecule has 0 aliphatic carbocycles. The maximum Gasteiger partial charge on any atom is 0.501 e. The summed E-state index contributed by atoms with van der Waals surface area (Å²) in [5, 5.41) is 8.82. The molecule has 10 nitrogen and oxygen atoms in total. The first-order valence-corrected chi connectivity index (χ1v) is 38.3. The van der Waals surface area contributed by atoms with Crippen LogP contribution in [0, 0.1) is 0 Å². The molecule has 20 rings (SSSR count). The van der Waals surface area contributed by atoms with Gasteiger partial charge in [0, 0.05) is 111 Å². The average Bonchev–Trinajstić information content (AvgIpc) is 0.698. The van der Waals surface area contributed by atoms with Crippen LogP contribution in [0.4, 0.5) is 68.2 Å². The normalized spacial score (nSPS) is 11.6. The molecule has 2 aliphatic rings. The number of benzene rings is 18. The summed E-state index contributed by atoms with van der Waals surface area (Å²) in [5.41, 5.74) is 16.5. The number of anilines is 12.